The molecule has 0 aliphatic carbocycles. The molecule has 0 bridgehead atoms. The number of ether oxygens (including phenoxy) is 3. The Morgan fingerprint density at radius 1 is 0.938 bits per heavy atom. The summed E-state index contributed by atoms with van der Waals surface area (Å²) in [5.74, 6) is 0. The van der Waals surface area contributed by atoms with E-state index in [4.69, 9.17) is 14.2 Å². The van der Waals surface area contributed by atoms with Crippen molar-refractivity contribution >= 4 is 0 Å². The summed E-state index contributed by atoms with van der Waals surface area (Å²) in [4.78, 5) is 0. The zero-order chi connectivity index (χ0) is 12.6. The topological polar surface area (TPSA) is 27.7 Å². The van der Waals surface area contributed by atoms with E-state index in [0.29, 0.717) is 6.61 Å². The normalized spacial score (nSPS) is 11.8. The highest BCUT2D eigenvalue weighted by Gasteiger charge is 1.93. The molecule has 0 amide bonds. The minimum absolute atomic E-state index is 0.227. The molecular formula is C13H30O3. The molecule has 0 saturated heterocycles. The van der Waals surface area contributed by atoms with Gasteiger partial charge in [-0.05, 0) is 19.8 Å². The third kappa shape index (κ3) is 19.5. The predicted octanol–water partition coefficient (Wildman–Crippen LogP) is 3.27. The Morgan fingerprint density at radius 3 is 1.69 bits per heavy atom. The SMILES string of the molecule is CCCCOCCCC.COCC(C)OC. The number of hydrogen-bond acceptors (Lipinski definition) is 3. The van der Waals surface area contributed by atoms with Gasteiger partial charge in [-0.25, -0.2) is 0 Å². The molecule has 1 atom stereocenters. The third-order valence-corrected chi connectivity index (χ3v) is 2.09. The molecule has 100 valence electrons. The molecule has 0 aliphatic rings. The summed E-state index contributed by atoms with van der Waals surface area (Å²) in [5, 5.41) is 0. The first-order valence-corrected chi connectivity index (χ1v) is 6.32. The molecule has 1 unspecified atom stereocenters. The van der Waals surface area contributed by atoms with Crippen LogP contribution in [-0.2, 0) is 14.2 Å². The van der Waals surface area contributed by atoms with Gasteiger partial charge in [-0.15, -0.1) is 0 Å². The van der Waals surface area contributed by atoms with Crippen LogP contribution in [0.15, 0.2) is 0 Å². The van der Waals surface area contributed by atoms with E-state index in [1.165, 1.54) is 25.7 Å². The van der Waals surface area contributed by atoms with Crippen molar-refractivity contribution in [3.05, 3.63) is 0 Å². The lowest BCUT2D eigenvalue weighted by Gasteiger charge is -2.05. The molecule has 0 saturated carbocycles. The van der Waals surface area contributed by atoms with E-state index in [9.17, 15) is 0 Å². The average molecular weight is 234 g/mol. The van der Waals surface area contributed by atoms with E-state index in [2.05, 4.69) is 13.8 Å². The highest BCUT2D eigenvalue weighted by Crippen LogP contribution is 1.91. The van der Waals surface area contributed by atoms with Gasteiger partial charge in [0.15, 0.2) is 0 Å². The fraction of sp³-hybridized carbons (Fsp3) is 1.00. The van der Waals surface area contributed by atoms with Gasteiger partial charge in [-0.1, -0.05) is 26.7 Å². The van der Waals surface area contributed by atoms with E-state index >= 15 is 0 Å². The van der Waals surface area contributed by atoms with Crippen molar-refractivity contribution in [2.75, 3.05) is 34.0 Å². The van der Waals surface area contributed by atoms with Gasteiger partial charge < -0.3 is 14.2 Å². The van der Waals surface area contributed by atoms with Gasteiger partial charge in [0.25, 0.3) is 0 Å². The zero-order valence-corrected chi connectivity index (χ0v) is 11.8. The monoisotopic (exact) mass is 234 g/mol. The van der Waals surface area contributed by atoms with E-state index in [-0.39, 0.29) is 6.10 Å². The Labute approximate surface area is 101 Å². The number of rotatable bonds is 9. The lowest BCUT2D eigenvalue weighted by atomic mass is 10.3. The Morgan fingerprint density at radius 2 is 1.44 bits per heavy atom. The first-order chi connectivity index (χ1) is 7.72. The fourth-order valence-corrected chi connectivity index (χ4v) is 0.898. The lowest BCUT2D eigenvalue weighted by Crippen LogP contribution is -2.11. The second-order valence-corrected chi connectivity index (χ2v) is 3.82. The number of methoxy groups -OCH3 is 2. The van der Waals surface area contributed by atoms with E-state index < -0.39 is 0 Å². The summed E-state index contributed by atoms with van der Waals surface area (Å²) >= 11 is 0. The minimum Gasteiger partial charge on any atom is -0.382 e. The van der Waals surface area contributed by atoms with Crippen molar-refractivity contribution in [1.82, 2.24) is 0 Å². The van der Waals surface area contributed by atoms with Crippen molar-refractivity contribution in [3.8, 4) is 0 Å². The summed E-state index contributed by atoms with van der Waals surface area (Å²) < 4.78 is 14.9. The summed E-state index contributed by atoms with van der Waals surface area (Å²) in [6.45, 7) is 8.92. The third-order valence-electron chi connectivity index (χ3n) is 2.09. The molecule has 0 radical (unpaired) electrons. The first-order valence-electron chi connectivity index (χ1n) is 6.32. The summed E-state index contributed by atoms with van der Waals surface area (Å²) in [5.41, 5.74) is 0. The van der Waals surface area contributed by atoms with E-state index in [1.807, 2.05) is 6.92 Å². The average Bonchev–Trinajstić information content (AvgIpc) is 2.30. The summed E-state index contributed by atoms with van der Waals surface area (Å²) in [7, 11) is 3.33. The van der Waals surface area contributed by atoms with Crippen molar-refractivity contribution in [2.24, 2.45) is 0 Å². The highest BCUT2D eigenvalue weighted by molar-refractivity contribution is 4.41. The molecule has 0 spiro atoms. The van der Waals surface area contributed by atoms with E-state index in [0.717, 1.165) is 13.2 Å². The van der Waals surface area contributed by atoms with Crippen LogP contribution in [0.4, 0.5) is 0 Å². The molecule has 3 nitrogen and oxygen atoms in total. The Kier molecular flexibility index (Phi) is 19.7. The first kappa shape index (κ1) is 18.3. The zero-order valence-electron chi connectivity index (χ0n) is 11.8. The van der Waals surface area contributed by atoms with Crippen LogP contribution in [0.25, 0.3) is 0 Å². The highest BCUT2D eigenvalue weighted by atomic mass is 16.5. The lowest BCUT2D eigenvalue weighted by molar-refractivity contribution is 0.0401. The van der Waals surface area contributed by atoms with Crippen LogP contribution in [0.5, 0.6) is 0 Å². The molecule has 0 aromatic heterocycles. The van der Waals surface area contributed by atoms with Crippen LogP contribution in [0.1, 0.15) is 46.5 Å². The Hall–Kier alpha value is -0.120. The Balaban J connectivity index is 0. The van der Waals surface area contributed by atoms with Gasteiger partial charge in [0.05, 0.1) is 12.7 Å². The summed E-state index contributed by atoms with van der Waals surface area (Å²) in [6.07, 6.45) is 5.14. The Bertz CT molecular complexity index is 101. The van der Waals surface area contributed by atoms with Gasteiger partial charge in [0.1, 0.15) is 0 Å². The van der Waals surface area contributed by atoms with Crippen LogP contribution in [0, 0.1) is 0 Å². The quantitative estimate of drug-likeness (QED) is 0.573. The van der Waals surface area contributed by atoms with Gasteiger partial charge in [0, 0.05) is 27.4 Å². The van der Waals surface area contributed by atoms with Gasteiger partial charge in [0.2, 0.25) is 0 Å². The molecule has 3 heteroatoms. The van der Waals surface area contributed by atoms with Crippen LogP contribution in [0.2, 0.25) is 0 Å². The molecule has 0 fully saturated rings. The second-order valence-electron chi connectivity index (χ2n) is 3.82. The van der Waals surface area contributed by atoms with Crippen molar-refractivity contribution in [2.45, 2.75) is 52.6 Å². The molecule has 0 N–H and O–H groups in total. The maximum Gasteiger partial charge on any atom is 0.0776 e. The molecule has 0 aromatic carbocycles. The largest absolute Gasteiger partial charge is 0.382 e. The van der Waals surface area contributed by atoms with Crippen LogP contribution in [-0.4, -0.2) is 40.1 Å². The number of hydrogen-bond donors (Lipinski definition) is 0. The maximum absolute atomic E-state index is 5.31. The van der Waals surface area contributed by atoms with Crippen molar-refractivity contribution < 1.29 is 14.2 Å². The molecular weight excluding hydrogens is 204 g/mol. The smallest absolute Gasteiger partial charge is 0.0776 e. The van der Waals surface area contributed by atoms with Gasteiger partial charge in [-0.3, -0.25) is 0 Å². The number of unbranched alkanes of at least 4 members (excludes halogenated alkanes) is 2. The van der Waals surface area contributed by atoms with Crippen molar-refractivity contribution in [1.29, 1.82) is 0 Å². The van der Waals surface area contributed by atoms with Crippen molar-refractivity contribution in [3.63, 3.8) is 0 Å². The molecule has 0 heterocycles. The summed E-state index contributed by atoms with van der Waals surface area (Å²) in [6, 6.07) is 0. The molecule has 0 rings (SSSR count). The molecule has 0 aliphatic heterocycles. The maximum atomic E-state index is 5.31. The van der Waals surface area contributed by atoms with Crippen LogP contribution in [0.3, 0.4) is 0 Å². The molecule has 16 heavy (non-hydrogen) atoms. The van der Waals surface area contributed by atoms with Gasteiger partial charge in [-0.2, -0.15) is 0 Å². The fourth-order valence-electron chi connectivity index (χ4n) is 0.898. The predicted molar refractivity (Wildman–Crippen MR) is 69.0 cm³/mol. The standard InChI is InChI=1S/C8H18O.C5H12O2/c1-3-5-7-9-8-6-4-2;1-5(7-3)4-6-2/h3-8H2,1-2H3;5H,4H2,1-3H3. The second kappa shape index (κ2) is 17.3. The van der Waals surface area contributed by atoms with Crippen LogP contribution < -0.4 is 0 Å². The van der Waals surface area contributed by atoms with Gasteiger partial charge >= 0.3 is 0 Å². The minimum atomic E-state index is 0.227. The van der Waals surface area contributed by atoms with E-state index in [1.54, 1.807) is 14.2 Å². The van der Waals surface area contributed by atoms with Crippen LogP contribution >= 0.6 is 0 Å². The molecule has 0 aromatic rings.